The largest absolute Gasteiger partial charge is 0.382 e. The van der Waals surface area contributed by atoms with E-state index in [0.29, 0.717) is 25.2 Å². The minimum absolute atomic E-state index is 0.413. The molecule has 1 aliphatic carbocycles. The Labute approximate surface area is 105 Å². The van der Waals surface area contributed by atoms with Crippen LogP contribution in [0.1, 0.15) is 32.1 Å². The molecule has 2 atom stereocenters. The molecule has 0 spiro atoms. The number of nitrogens with two attached hydrogens (primary N) is 1. The molecule has 0 aromatic heterocycles. The van der Waals surface area contributed by atoms with Crippen molar-refractivity contribution < 1.29 is 14.2 Å². The molecular formula is C13H27NO3. The molecule has 1 aliphatic rings. The fraction of sp³-hybridized carbons (Fsp3) is 1.00. The molecule has 0 aromatic carbocycles. The normalized spacial score (nSPS) is 24.4. The summed E-state index contributed by atoms with van der Waals surface area (Å²) in [6.45, 7) is 3.73. The first kappa shape index (κ1) is 14.9. The molecule has 2 unspecified atom stereocenters. The van der Waals surface area contributed by atoms with Crippen molar-refractivity contribution in [1.29, 1.82) is 0 Å². The molecule has 17 heavy (non-hydrogen) atoms. The first-order valence-corrected chi connectivity index (χ1v) is 6.74. The van der Waals surface area contributed by atoms with Gasteiger partial charge in [-0.1, -0.05) is 6.42 Å². The Morgan fingerprint density at radius 1 is 1.00 bits per heavy atom. The Morgan fingerprint density at radius 3 is 2.41 bits per heavy atom. The average Bonchev–Trinajstić information content (AvgIpc) is 2.73. The highest BCUT2D eigenvalue weighted by molar-refractivity contribution is 4.79. The molecule has 1 fully saturated rings. The highest BCUT2D eigenvalue weighted by Gasteiger charge is 2.22. The minimum atomic E-state index is 0.413. The standard InChI is InChI=1S/C13H27NO3/c1-15-10-11-17-8-3-7-16-9-6-12-4-2-5-13(12)14/h12-13H,2-11,14H2,1H3. The first-order chi connectivity index (χ1) is 8.34. The summed E-state index contributed by atoms with van der Waals surface area (Å²) in [4.78, 5) is 0. The predicted molar refractivity (Wildman–Crippen MR) is 68.1 cm³/mol. The van der Waals surface area contributed by atoms with Crippen LogP contribution in [-0.4, -0.2) is 46.2 Å². The lowest BCUT2D eigenvalue weighted by molar-refractivity contribution is 0.0491. The van der Waals surface area contributed by atoms with Crippen LogP contribution in [0, 0.1) is 5.92 Å². The van der Waals surface area contributed by atoms with E-state index >= 15 is 0 Å². The smallest absolute Gasteiger partial charge is 0.0700 e. The quantitative estimate of drug-likeness (QED) is 0.594. The molecule has 1 saturated carbocycles. The van der Waals surface area contributed by atoms with Crippen molar-refractivity contribution in [3.8, 4) is 0 Å². The molecule has 0 radical (unpaired) electrons. The Hall–Kier alpha value is -0.160. The van der Waals surface area contributed by atoms with Crippen LogP contribution in [0.3, 0.4) is 0 Å². The molecule has 0 heterocycles. The van der Waals surface area contributed by atoms with Crippen molar-refractivity contribution in [2.45, 2.75) is 38.1 Å². The highest BCUT2D eigenvalue weighted by Crippen LogP contribution is 2.26. The van der Waals surface area contributed by atoms with Gasteiger partial charge >= 0.3 is 0 Å². The van der Waals surface area contributed by atoms with Gasteiger partial charge in [-0.25, -0.2) is 0 Å². The molecular weight excluding hydrogens is 218 g/mol. The van der Waals surface area contributed by atoms with Gasteiger partial charge in [-0.3, -0.25) is 0 Å². The van der Waals surface area contributed by atoms with Gasteiger partial charge in [0.2, 0.25) is 0 Å². The zero-order valence-electron chi connectivity index (χ0n) is 11.0. The summed E-state index contributed by atoms with van der Waals surface area (Å²) in [5.41, 5.74) is 6.00. The highest BCUT2D eigenvalue weighted by atomic mass is 16.5. The molecule has 0 saturated heterocycles. The van der Waals surface area contributed by atoms with Crippen LogP contribution in [0.4, 0.5) is 0 Å². The number of methoxy groups -OCH3 is 1. The molecule has 0 amide bonds. The van der Waals surface area contributed by atoms with E-state index in [4.69, 9.17) is 19.9 Å². The summed E-state index contributed by atoms with van der Waals surface area (Å²) in [6.07, 6.45) is 5.84. The average molecular weight is 245 g/mol. The summed E-state index contributed by atoms with van der Waals surface area (Å²) < 4.78 is 15.8. The number of ether oxygens (including phenoxy) is 3. The molecule has 2 N–H and O–H groups in total. The van der Waals surface area contributed by atoms with Crippen molar-refractivity contribution in [3.63, 3.8) is 0 Å². The van der Waals surface area contributed by atoms with Crippen LogP contribution in [0.15, 0.2) is 0 Å². The number of rotatable bonds is 10. The van der Waals surface area contributed by atoms with E-state index in [0.717, 1.165) is 32.7 Å². The van der Waals surface area contributed by atoms with E-state index in [1.54, 1.807) is 7.11 Å². The maximum atomic E-state index is 6.00. The molecule has 102 valence electrons. The van der Waals surface area contributed by atoms with E-state index in [1.807, 2.05) is 0 Å². The maximum absolute atomic E-state index is 6.00. The van der Waals surface area contributed by atoms with Gasteiger partial charge in [0, 0.05) is 33.0 Å². The SMILES string of the molecule is COCCOCCCOCCC1CCCC1N. The molecule has 1 rings (SSSR count). The summed E-state index contributed by atoms with van der Waals surface area (Å²) in [7, 11) is 1.68. The Bertz CT molecular complexity index is 178. The molecule has 0 bridgehead atoms. The zero-order valence-corrected chi connectivity index (χ0v) is 11.0. The number of hydrogen-bond donors (Lipinski definition) is 1. The summed E-state index contributed by atoms with van der Waals surface area (Å²) in [6, 6.07) is 0.413. The molecule has 0 aromatic rings. The maximum Gasteiger partial charge on any atom is 0.0700 e. The van der Waals surface area contributed by atoms with Crippen LogP contribution >= 0.6 is 0 Å². The minimum Gasteiger partial charge on any atom is -0.382 e. The van der Waals surface area contributed by atoms with Crippen LogP contribution < -0.4 is 5.73 Å². The van der Waals surface area contributed by atoms with Gasteiger partial charge < -0.3 is 19.9 Å². The molecule has 4 nitrogen and oxygen atoms in total. The van der Waals surface area contributed by atoms with Gasteiger partial charge in [0.05, 0.1) is 13.2 Å². The van der Waals surface area contributed by atoms with E-state index in [9.17, 15) is 0 Å². The van der Waals surface area contributed by atoms with E-state index in [1.165, 1.54) is 19.3 Å². The summed E-state index contributed by atoms with van der Waals surface area (Å²) in [5, 5.41) is 0. The van der Waals surface area contributed by atoms with Crippen LogP contribution in [0.25, 0.3) is 0 Å². The summed E-state index contributed by atoms with van der Waals surface area (Å²) in [5.74, 6) is 0.688. The third kappa shape index (κ3) is 6.99. The van der Waals surface area contributed by atoms with Gasteiger partial charge in [0.1, 0.15) is 0 Å². The van der Waals surface area contributed by atoms with Crippen LogP contribution in [0.5, 0.6) is 0 Å². The van der Waals surface area contributed by atoms with Gasteiger partial charge in [0.15, 0.2) is 0 Å². The van der Waals surface area contributed by atoms with Crippen LogP contribution in [-0.2, 0) is 14.2 Å². The fourth-order valence-electron chi connectivity index (χ4n) is 2.27. The second kappa shape index (κ2) is 9.83. The topological polar surface area (TPSA) is 53.7 Å². The first-order valence-electron chi connectivity index (χ1n) is 6.74. The zero-order chi connectivity index (χ0) is 12.3. The predicted octanol–water partition coefficient (Wildman–Crippen LogP) is 1.57. The van der Waals surface area contributed by atoms with Crippen molar-refractivity contribution in [2.24, 2.45) is 11.7 Å². The summed E-state index contributed by atoms with van der Waals surface area (Å²) >= 11 is 0. The van der Waals surface area contributed by atoms with Gasteiger partial charge in [-0.15, -0.1) is 0 Å². The lowest BCUT2D eigenvalue weighted by Crippen LogP contribution is -2.25. The fourth-order valence-corrected chi connectivity index (χ4v) is 2.27. The van der Waals surface area contributed by atoms with Crippen molar-refractivity contribution >= 4 is 0 Å². The lowest BCUT2D eigenvalue weighted by atomic mass is 10.0. The van der Waals surface area contributed by atoms with E-state index in [-0.39, 0.29) is 0 Å². The third-order valence-electron chi connectivity index (χ3n) is 3.36. The van der Waals surface area contributed by atoms with Crippen molar-refractivity contribution in [1.82, 2.24) is 0 Å². The van der Waals surface area contributed by atoms with Crippen molar-refractivity contribution in [2.75, 3.05) is 40.1 Å². The lowest BCUT2D eigenvalue weighted by Gasteiger charge is -2.14. The Balaban J connectivity index is 1.78. The van der Waals surface area contributed by atoms with Gasteiger partial charge in [-0.05, 0) is 31.6 Å². The molecule has 0 aliphatic heterocycles. The Morgan fingerprint density at radius 2 is 1.76 bits per heavy atom. The Kier molecular flexibility index (Phi) is 8.61. The third-order valence-corrected chi connectivity index (χ3v) is 3.36. The number of hydrogen-bond acceptors (Lipinski definition) is 4. The van der Waals surface area contributed by atoms with Gasteiger partial charge in [-0.2, -0.15) is 0 Å². The molecule has 4 heteroatoms. The second-order valence-electron chi connectivity index (χ2n) is 4.71. The van der Waals surface area contributed by atoms with E-state index < -0.39 is 0 Å². The second-order valence-corrected chi connectivity index (χ2v) is 4.71. The van der Waals surface area contributed by atoms with Crippen molar-refractivity contribution in [3.05, 3.63) is 0 Å². The van der Waals surface area contributed by atoms with E-state index in [2.05, 4.69) is 0 Å². The van der Waals surface area contributed by atoms with Gasteiger partial charge in [0.25, 0.3) is 0 Å². The monoisotopic (exact) mass is 245 g/mol. The van der Waals surface area contributed by atoms with Crippen LogP contribution in [0.2, 0.25) is 0 Å².